The zero-order valence-corrected chi connectivity index (χ0v) is 20.2. The van der Waals surface area contributed by atoms with Gasteiger partial charge in [-0.05, 0) is 88.0 Å². The van der Waals surface area contributed by atoms with Crippen LogP contribution < -0.4 is 10.5 Å². The summed E-state index contributed by atoms with van der Waals surface area (Å²) in [5, 5.41) is 1.21. The van der Waals surface area contributed by atoms with Crippen LogP contribution in [0.3, 0.4) is 0 Å². The van der Waals surface area contributed by atoms with Gasteiger partial charge in [-0.15, -0.1) is 0 Å². The van der Waals surface area contributed by atoms with Gasteiger partial charge in [0.25, 0.3) is 5.91 Å². The van der Waals surface area contributed by atoms with Gasteiger partial charge in [-0.3, -0.25) is 4.79 Å². The molecule has 0 bridgehead atoms. The Morgan fingerprint density at radius 3 is 2.68 bits per heavy atom. The van der Waals surface area contributed by atoms with E-state index in [4.69, 9.17) is 10.5 Å². The van der Waals surface area contributed by atoms with Crippen LogP contribution in [0, 0.1) is 0 Å². The van der Waals surface area contributed by atoms with Crippen molar-refractivity contribution in [3.63, 3.8) is 0 Å². The van der Waals surface area contributed by atoms with Crippen molar-refractivity contribution in [3.05, 3.63) is 60.3 Å². The molecule has 0 saturated carbocycles. The van der Waals surface area contributed by atoms with Crippen LogP contribution in [-0.2, 0) is 0 Å². The van der Waals surface area contributed by atoms with Gasteiger partial charge >= 0.3 is 0 Å². The molecule has 2 aliphatic rings. The number of piperidine rings is 1. The normalized spacial score (nSPS) is 19.7. The molecule has 1 unspecified atom stereocenters. The Balaban J connectivity index is 1.15. The highest BCUT2D eigenvalue weighted by atomic mass is 16.5. The minimum Gasteiger partial charge on any atom is -0.494 e. The molecule has 3 aromatic rings. The molecular weight excluding hydrogens is 424 g/mol. The predicted octanol–water partition coefficient (Wildman–Crippen LogP) is 4.95. The van der Waals surface area contributed by atoms with Crippen molar-refractivity contribution >= 4 is 22.5 Å². The van der Waals surface area contributed by atoms with Gasteiger partial charge in [-0.2, -0.15) is 0 Å². The summed E-state index contributed by atoms with van der Waals surface area (Å²) in [4.78, 5) is 17.4. The Kier molecular flexibility index (Phi) is 6.77. The van der Waals surface area contributed by atoms with E-state index in [0.717, 1.165) is 57.3 Å². The molecule has 2 N–H and O–H groups in total. The number of hydrogen-bond donors (Lipinski definition) is 1. The molecule has 1 amide bonds. The van der Waals surface area contributed by atoms with E-state index in [1.807, 2.05) is 23.1 Å². The fourth-order valence-corrected chi connectivity index (χ4v) is 5.53. The number of nitrogens with two attached hydrogens (primary N) is 1. The molecule has 2 fully saturated rings. The Labute approximate surface area is 202 Å². The molecule has 6 nitrogen and oxygen atoms in total. The number of hydrogen-bond acceptors (Lipinski definition) is 4. The lowest BCUT2D eigenvalue weighted by molar-refractivity contribution is 0.0696. The van der Waals surface area contributed by atoms with Gasteiger partial charge in [-0.25, -0.2) is 0 Å². The van der Waals surface area contributed by atoms with Gasteiger partial charge in [-0.1, -0.05) is 6.07 Å². The third kappa shape index (κ3) is 4.92. The first-order valence-electron chi connectivity index (χ1n) is 12.7. The highest BCUT2D eigenvalue weighted by molar-refractivity contribution is 5.95. The Bertz CT molecular complexity index is 1130. The minimum atomic E-state index is 0.0732. The maximum Gasteiger partial charge on any atom is 0.253 e. The summed E-state index contributed by atoms with van der Waals surface area (Å²) in [5.41, 5.74) is 8.39. The summed E-state index contributed by atoms with van der Waals surface area (Å²) >= 11 is 0. The lowest BCUT2D eigenvalue weighted by Gasteiger charge is -2.33. The maximum absolute atomic E-state index is 12.8. The number of fused-ring (bicyclic) bond motifs is 1. The Hall–Kier alpha value is -2.99. The van der Waals surface area contributed by atoms with Gasteiger partial charge < -0.3 is 24.8 Å². The van der Waals surface area contributed by atoms with Crippen molar-refractivity contribution < 1.29 is 9.53 Å². The van der Waals surface area contributed by atoms with Crippen LogP contribution in [0.2, 0.25) is 0 Å². The number of benzene rings is 2. The van der Waals surface area contributed by atoms with Crippen molar-refractivity contribution in [2.24, 2.45) is 0 Å². The van der Waals surface area contributed by atoms with Gasteiger partial charge in [0.1, 0.15) is 5.75 Å². The molecule has 5 rings (SSSR count). The second kappa shape index (κ2) is 10.1. The van der Waals surface area contributed by atoms with E-state index >= 15 is 0 Å². The van der Waals surface area contributed by atoms with E-state index in [9.17, 15) is 4.79 Å². The number of rotatable bonds is 7. The molecule has 1 aromatic heterocycles. The van der Waals surface area contributed by atoms with Gasteiger partial charge in [0.05, 0.1) is 6.61 Å². The van der Waals surface area contributed by atoms with Crippen molar-refractivity contribution in [2.45, 2.75) is 51.1 Å². The second-order valence-corrected chi connectivity index (χ2v) is 9.82. The van der Waals surface area contributed by atoms with Crippen LogP contribution >= 0.6 is 0 Å². The molecule has 1 atom stereocenters. The number of nitrogen functional groups attached to an aromatic ring is 1. The Morgan fingerprint density at radius 2 is 1.91 bits per heavy atom. The maximum atomic E-state index is 12.8. The van der Waals surface area contributed by atoms with Crippen molar-refractivity contribution in [1.82, 2.24) is 14.4 Å². The monoisotopic (exact) mass is 460 g/mol. The van der Waals surface area contributed by atoms with Crippen LogP contribution in [-0.4, -0.2) is 59.1 Å². The molecule has 2 aliphatic heterocycles. The molecule has 6 heteroatoms. The molecule has 180 valence electrons. The Morgan fingerprint density at radius 1 is 1.06 bits per heavy atom. The number of ether oxygens (including phenoxy) is 1. The van der Waals surface area contributed by atoms with Crippen LogP contribution in [0.5, 0.6) is 5.75 Å². The zero-order valence-electron chi connectivity index (χ0n) is 20.2. The summed E-state index contributed by atoms with van der Waals surface area (Å²) in [5.74, 6) is 1.02. The highest BCUT2D eigenvalue weighted by Crippen LogP contribution is 2.30. The number of anilines is 1. The highest BCUT2D eigenvalue weighted by Gasteiger charge is 2.25. The molecule has 2 saturated heterocycles. The smallest absolute Gasteiger partial charge is 0.253 e. The summed E-state index contributed by atoms with van der Waals surface area (Å²) in [6.07, 6.45) is 7.80. The van der Waals surface area contributed by atoms with E-state index in [0.29, 0.717) is 17.3 Å². The molecule has 0 aliphatic carbocycles. The average Bonchev–Trinajstić information content (AvgIpc) is 3.47. The molecular formula is C28H36N4O2. The molecule has 2 aromatic carbocycles. The van der Waals surface area contributed by atoms with Crippen LogP contribution in [0.1, 0.15) is 55.4 Å². The van der Waals surface area contributed by atoms with Gasteiger partial charge in [0.15, 0.2) is 0 Å². The number of carbonyl (C=O) groups is 1. The van der Waals surface area contributed by atoms with Crippen molar-refractivity contribution in [2.75, 3.05) is 38.5 Å². The minimum absolute atomic E-state index is 0.0732. The van der Waals surface area contributed by atoms with E-state index < -0.39 is 0 Å². The van der Waals surface area contributed by atoms with Crippen LogP contribution in [0.4, 0.5) is 5.69 Å². The van der Waals surface area contributed by atoms with Gasteiger partial charge in [0.2, 0.25) is 0 Å². The predicted molar refractivity (Wildman–Crippen MR) is 137 cm³/mol. The second-order valence-electron chi connectivity index (χ2n) is 9.82. The quantitative estimate of drug-likeness (QED) is 0.400. The summed E-state index contributed by atoms with van der Waals surface area (Å²) in [7, 11) is 0. The SMILES string of the molecule is CC1CCCN1CCCOc1ccc2c(ccn2C2CCN(C(=O)c3cccc(N)c3)CC2)c1. The number of carbonyl (C=O) groups excluding carboxylic acids is 1. The summed E-state index contributed by atoms with van der Waals surface area (Å²) in [6.45, 7) is 6.96. The van der Waals surface area contributed by atoms with Crippen molar-refractivity contribution in [3.8, 4) is 5.75 Å². The third-order valence-corrected chi connectivity index (χ3v) is 7.52. The number of aromatic nitrogens is 1. The van der Waals surface area contributed by atoms with E-state index in [2.05, 4.69) is 46.9 Å². The third-order valence-electron chi connectivity index (χ3n) is 7.52. The van der Waals surface area contributed by atoms with E-state index in [-0.39, 0.29) is 5.91 Å². The van der Waals surface area contributed by atoms with Crippen LogP contribution in [0.25, 0.3) is 10.9 Å². The number of nitrogens with zero attached hydrogens (tertiary/aromatic N) is 3. The largest absolute Gasteiger partial charge is 0.494 e. The number of amides is 1. The fraction of sp³-hybridized carbons (Fsp3) is 0.464. The lowest BCUT2D eigenvalue weighted by Crippen LogP contribution is -2.39. The lowest BCUT2D eigenvalue weighted by atomic mass is 10.0. The van der Waals surface area contributed by atoms with Crippen LogP contribution in [0.15, 0.2) is 54.7 Å². The zero-order chi connectivity index (χ0) is 23.5. The van der Waals surface area contributed by atoms with Gasteiger partial charge in [0, 0.05) is 60.1 Å². The topological polar surface area (TPSA) is 63.7 Å². The molecule has 3 heterocycles. The summed E-state index contributed by atoms with van der Waals surface area (Å²) in [6, 6.07) is 17.0. The van der Waals surface area contributed by atoms with E-state index in [1.165, 1.54) is 30.3 Å². The number of likely N-dealkylation sites (tertiary alicyclic amines) is 2. The van der Waals surface area contributed by atoms with E-state index in [1.54, 1.807) is 6.07 Å². The first-order chi connectivity index (χ1) is 16.6. The first kappa shape index (κ1) is 22.8. The van der Waals surface area contributed by atoms with Crippen molar-refractivity contribution in [1.29, 1.82) is 0 Å². The molecule has 0 radical (unpaired) electrons. The molecule has 0 spiro atoms. The first-order valence-corrected chi connectivity index (χ1v) is 12.7. The molecule has 34 heavy (non-hydrogen) atoms. The average molecular weight is 461 g/mol. The standard InChI is InChI=1S/C28H36N4O2/c1-21-5-3-13-30(21)14-4-18-34-26-8-9-27-22(20-26)10-17-32(27)25-11-15-31(16-12-25)28(33)23-6-2-7-24(29)19-23/h2,6-10,17,19-21,25H,3-5,11-16,18,29H2,1H3. The fourth-order valence-electron chi connectivity index (χ4n) is 5.53. The summed E-state index contributed by atoms with van der Waals surface area (Å²) < 4.78 is 8.44.